The van der Waals surface area contributed by atoms with Gasteiger partial charge in [-0.2, -0.15) is 0 Å². The van der Waals surface area contributed by atoms with Gasteiger partial charge in [0.05, 0.1) is 12.3 Å². The van der Waals surface area contributed by atoms with Gasteiger partial charge < -0.3 is 10.5 Å². The maximum atomic E-state index is 5.57. The summed E-state index contributed by atoms with van der Waals surface area (Å²) in [4.78, 5) is 0.295. The first-order valence-electron chi connectivity index (χ1n) is 4.91. The minimum absolute atomic E-state index is 0.295. The number of nitrogens with zero attached hydrogens (tertiary/aromatic N) is 3. The smallest absolute Gasteiger partial charge is 0.143 e. The molecule has 1 aromatic heterocycles. The zero-order chi connectivity index (χ0) is 11.3. The zero-order valence-electron chi connectivity index (χ0n) is 9.06. The molecule has 2 N–H and O–H groups in total. The Balaban J connectivity index is 2.91. The molecule has 0 radical (unpaired) electrons. The van der Waals surface area contributed by atoms with Gasteiger partial charge in [-0.1, -0.05) is 24.4 Å². The van der Waals surface area contributed by atoms with Crippen LogP contribution >= 0.6 is 12.2 Å². The minimum atomic E-state index is 0.295. The second-order valence-electron chi connectivity index (χ2n) is 3.21. The summed E-state index contributed by atoms with van der Waals surface area (Å²) in [6, 6.07) is 0. The number of aryl methyl sites for hydroxylation is 1. The van der Waals surface area contributed by atoms with Crippen LogP contribution in [-0.4, -0.2) is 33.7 Å². The molecule has 6 heteroatoms. The van der Waals surface area contributed by atoms with Crippen molar-refractivity contribution in [2.75, 3.05) is 13.7 Å². The lowest BCUT2D eigenvalue weighted by atomic mass is 10.2. The molecule has 0 saturated carbocycles. The molecule has 5 nitrogen and oxygen atoms in total. The van der Waals surface area contributed by atoms with Crippen molar-refractivity contribution >= 4 is 17.2 Å². The van der Waals surface area contributed by atoms with Gasteiger partial charge in [0.2, 0.25) is 0 Å². The molecule has 0 aliphatic heterocycles. The highest BCUT2D eigenvalue weighted by Gasteiger charge is 2.13. The molecule has 0 bridgehead atoms. The van der Waals surface area contributed by atoms with Crippen LogP contribution < -0.4 is 5.73 Å². The van der Waals surface area contributed by atoms with E-state index in [1.165, 1.54) is 0 Å². The van der Waals surface area contributed by atoms with Crippen molar-refractivity contribution in [3.63, 3.8) is 0 Å². The number of rotatable bonds is 6. The lowest BCUT2D eigenvalue weighted by Gasteiger charge is -2.05. The van der Waals surface area contributed by atoms with Gasteiger partial charge in [0, 0.05) is 20.1 Å². The van der Waals surface area contributed by atoms with E-state index in [1.54, 1.807) is 7.11 Å². The van der Waals surface area contributed by atoms with Crippen LogP contribution in [0.1, 0.15) is 24.7 Å². The maximum Gasteiger partial charge on any atom is 0.143 e. The number of thiocarbonyl (C=S) groups is 1. The molecule has 0 aromatic carbocycles. The number of nitrogens with two attached hydrogens (primary N) is 1. The van der Waals surface area contributed by atoms with E-state index in [2.05, 4.69) is 17.2 Å². The van der Waals surface area contributed by atoms with E-state index in [4.69, 9.17) is 22.7 Å². The number of ether oxygens (including phenoxy) is 1. The lowest BCUT2D eigenvalue weighted by Crippen LogP contribution is -2.15. The molecular weight excluding hydrogens is 212 g/mol. The number of aromatic nitrogens is 3. The van der Waals surface area contributed by atoms with E-state index in [1.807, 2.05) is 4.68 Å². The van der Waals surface area contributed by atoms with Gasteiger partial charge in [0.15, 0.2) is 0 Å². The largest absolute Gasteiger partial charge is 0.388 e. The summed E-state index contributed by atoms with van der Waals surface area (Å²) in [5.41, 5.74) is 7.16. The molecule has 1 heterocycles. The molecule has 0 fully saturated rings. The van der Waals surface area contributed by atoms with Gasteiger partial charge in [-0.25, -0.2) is 4.68 Å². The third-order valence-electron chi connectivity index (χ3n) is 2.05. The summed E-state index contributed by atoms with van der Waals surface area (Å²) in [5.74, 6) is 0. The van der Waals surface area contributed by atoms with Crippen molar-refractivity contribution in [2.45, 2.75) is 26.3 Å². The predicted molar refractivity (Wildman–Crippen MR) is 61.8 cm³/mol. The molecule has 0 saturated heterocycles. The SMILES string of the molecule is CCCn1nnc(C(N)=S)c1CCOC. The lowest BCUT2D eigenvalue weighted by molar-refractivity contribution is 0.200. The van der Waals surface area contributed by atoms with Crippen molar-refractivity contribution in [3.8, 4) is 0 Å². The second-order valence-corrected chi connectivity index (χ2v) is 3.65. The topological polar surface area (TPSA) is 66.0 Å². The fraction of sp³-hybridized carbons (Fsp3) is 0.667. The Bertz CT molecular complexity index is 337. The van der Waals surface area contributed by atoms with E-state index in [0.29, 0.717) is 17.3 Å². The van der Waals surface area contributed by atoms with Crippen LogP contribution in [0, 0.1) is 0 Å². The molecule has 84 valence electrons. The van der Waals surface area contributed by atoms with Crippen LogP contribution in [0.15, 0.2) is 0 Å². The Morgan fingerprint density at radius 3 is 2.87 bits per heavy atom. The predicted octanol–water partition coefficient (Wildman–Crippen LogP) is 0.511. The van der Waals surface area contributed by atoms with E-state index in [0.717, 1.165) is 25.1 Å². The summed E-state index contributed by atoms with van der Waals surface area (Å²) >= 11 is 4.92. The molecule has 0 atom stereocenters. The summed E-state index contributed by atoms with van der Waals surface area (Å²) in [7, 11) is 1.66. The standard InChI is InChI=1S/C9H16N4OS/c1-3-5-13-7(4-6-14-2)8(9(10)15)11-12-13/h3-6H2,1-2H3,(H2,10,15). The van der Waals surface area contributed by atoms with Gasteiger partial charge in [-0.15, -0.1) is 5.10 Å². The maximum absolute atomic E-state index is 5.57. The van der Waals surface area contributed by atoms with Crippen LogP contribution in [0.3, 0.4) is 0 Å². The quantitative estimate of drug-likeness (QED) is 0.719. The van der Waals surface area contributed by atoms with Gasteiger partial charge in [-0.05, 0) is 6.42 Å². The zero-order valence-corrected chi connectivity index (χ0v) is 9.88. The highest BCUT2D eigenvalue weighted by Crippen LogP contribution is 2.07. The Morgan fingerprint density at radius 2 is 2.33 bits per heavy atom. The summed E-state index contributed by atoms with van der Waals surface area (Å²) in [5, 5.41) is 8.00. The summed E-state index contributed by atoms with van der Waals surface area (Å²) in [6.45, 7) is 3.53. The third kappa shape index (κ3) is 2.97. The highest BCUT2D eigenvalue weighted by molar-refractivity contribution is 7.80. The van der Waals surface area contributed by atoms with E-state index in [-0.39, 0.29) is 0 Å². The summed E-state index contributed by atoms with van der Waals surface area (Å²) < 4.78 is 6.87. The normalized spacial score (nSPS) is 10.5. The molecule has 0 unspecified atom stereocenters. The van der Waals surface area contributed by atoms with Crippen molar-refractivity contribution in [2.24, 2.45) is 5.73 Å². The van der Waals surface area contributed by atoms with Crippen LogP contribution in [0.5, 0.6) is 0 Å². The van der Waals surface area contributed by atoms with E-state index < -0.39 is 0 Å². The first-order chi connectivity index (χ1) is 7.20. The second kappa shape index (κ2) is 5.77. The highest BCUT2D eigenvalue weighted by atomic mass is 32.1. The fourth-order valence-electron chi connectivity index (χ4n) is 1.36. The number of hydrogen-bond donors (Lipinski definition) is 1. The van der Waals surface area contributed by atoms with E-state index in [9.17, 15) is 0 Å². The van der Waals surface area contributed by atoms with Gasteiger partial charge in [0.25, 0.3) is 0 Å². The van der Waals surface area contributed by atoms with Crippen LogP contribution in [0.2, 0.25) is 0 Å². The van der Waals surface area contributed by atoms with E-state index >= 15 is 0 Å². The van der Waals surface area contributed by atoms with Crippen LogP contribution in [-0.2, 0) is 17.7 Å². The van der Waals surface area contributed by atoms with Gasteiger partial charge >= 0.3 is 0 Å². The molecular formula is C9H16N4OS. The molecule has 0 aliphatic rings. The van der Waals surface area contributed by atoms with Crippen molar-refractivity contribution in [1.82, 2.24) is 15.0 Å². The average molecular weight is 228 g/mol. The molecule has 1 rings (SSSR count). The fourth-order valence-corrected chi connectivity index (χ4v) is 1.52. The molecule has 0 spiro atoms. The van der Waals surface area contributed by atoms with Crippen LogP contribution in [0.25, 0.3) is 0 Å². The third-order valence-corrected chi connectivity index (χ3v) is 2.24. The first-order valence-corrected chi connectivity index (χ1v) is 5.32. The summed E-state index contributed by atoms with van der Waals surface area (Å²) in [6.07, 6.45) is 1.73. The molecule has 15 heavy (non-hydrogen) atoms. The first kappa shape index (κ1) is 12.1. The van der Waals surface area contributed by atoms with Crippen molar-refractivity contribution < 1.29 is 4.74 Å². The Morgan fingerprint density at radius 1 is 1.60 bits per heavy atom. The average Bonchev–Trinajstić information content (AvgIpc) is 2.59. The molecule has 0 amide bonds. The number of methoxy groups -OCH3 is 1. The van der Waals surface area contributed by atoms with Crippen LogP contribution in [0.4, 0.5) is 0 Å². The van der Waals surface area contributed by atoms with Crippen molar-refractivity contribution in [3.05, 3.63) is 11.4 Å². The van der Waals surface area contributed by atoms with Gasteiger partial charge in [-0.3, -0.25) is 0 Å². The molecule has 0 aliphatic carbocycles. The van der Waals surface area contributed by atoms with Crippen molar-refractivity contribution in [1.29, 1.82) is 0 Å². The molecule has 1 aromatic rings. The minimum Gasteiger partial charge on any atom is -0.388 e. The number of hydrogen-bond acceptors (Lipinski definition) is 4. The van der Waals surface area contributed by atoms with Gasteiger partial charge in [0.1, 0.15) is 10.7 Å². The Kier molecular flexibility index (Phi) is 4.64. The Hall–Kier alpha value is -1.01. The Labute approximate surface area is 94.6 Å². The monoisotopic (exact) mass is 228 g/mol.